The fraction of sp³-hybridized carbons (Fsp3) is 1.00. The summed E-state index contributed by atoms with van der Waals surface area (Å²) in [4.78, 5) is 5.28. The summed E-state index contributed by atoms with van der Waals surface area (Å²) >= 11 is 0. The van der Waals surface area contributed by atoms with Crippen molar-refractivity contribution in [3.63, 3.8) is 0 Å². The molecular formula is C15H31N3. The largest absolute Gasteiger partial charge is 0.329 e. The van der Waals surface area contributed by atoms with Crippen LogP contribution in [-0.4, -0.2) is 54.6 Å². The number of piperidine rings is 2. The van der Waals surface area contributed by atoms with Crippen LogP contribution in [0.1, 0.15) is 46.0 Å². The summed E-state index contributed by atoms with van der Waals surface area (Å²) in [5, 5.41) is 0. The van der Waals surface area contributed by atoms with Crippen molar-refractivity contribution in [1.29, 1.82) is 0 Å². The molecule has 3 atom stereocenters. The van der Waals surface area contributed by atoms with Crippen LogP contribution in [0.15, 0.2) is 0 Å². The zero-order valence-corrected chi connectivity index (χ0v) is 12.5. The lowest BCUT2D eigenvalue weighted by atomic mass is 9.81. The van der Waals surface area contributed by atoms with Gasteiger partial charge in [0, 0.05) is 31.2 Å². The van der Waals surface area contributed by atoms with Crippen LogP contribution in [0.3, 0.4) is 0 Å². The molecule has 0 aromatic rings. The molecule has 2 fully saturated rings. The van der Waals surface area contributed by atoms with Gasteiger partial charge in [-0.05, 0) is 52.1 Å². The number of hydrogen-bond acceptors (Lipinski definition) is 3. The van der Waals surface area contributed by atoms with Gasteiger partial charge in [0.15, 0.2) is 0 Å². The second kappa shape index (κ2) is 5.89. The summed E-state index contributed by atoms with van der Waals surface area (Å²) in [5.74, 6) is 0.875. The zero-order valence-electron chi connectivity index (χ0n) is 12.5. The Bertz CT molecular complexity index is 268. The van der Waals surface area contributed by atoms with E-state index in [1.807, 2.05) is 0 Å². The highest BCUT2D eigenvalue weighted by Gasteiger charge is 2.39. The van der Waals surface area contributed by atoms with Gasteiger partial charge in [-0.15, -0.1) is 0 Å². The lowest BCUT2D eigenvalue weighted by Gasteiger charge is -2.51. The molecule has 0 aliphatic carbocycles. The second-order valence-electron chi connectivity index (χ2n) is 6.64. The minimum atomic E-state index is 0.232. The molecule has 0 saturated carbocycles. The average molecular weight is 253 g/mol. The van der Waals surface area contributed by atoms with Crippen molar-refractivity contribution in [2.24, 2.45) is 11.7 Å². The Labute approximate surface area is 113 Å². The van der Waals surface area contributed by atoms with Gasteiger partial charge in [0.25, 0.3) is 0 Å². The molecule has 3 nitrogen and oxygen atoms in total. The van der Waals surface area contributed by atoms with Crippen molar-refractivity contribution in [3.8, 4) is 0 Å². The van der Waals surface area contributed by atoms with Gasteiger partial charge in [0.2, 0.25) is 0 Å². The molecule has 2 saturated heterocycles. The van der Waals surface area contributed by atoms with E-state index >= 15 is 0 Å². The Kier molecular flexibility index (Phi) is 4.68. The van der Waals surface area contributed by atoms with E-state index in [9.17, 15) is 0 Å². The molecule has 2 N–H and O–H groups in total. The van der Waals surface area contributed by atoms with Crippen LogP contribution in [0, 0.1) is 5.92 Å². The molecule has 3 unspecified atom stereocenters. The van der Waals surface area contributed by atoms with Crippen LogP contribution in [0.2, 0.25) is 0 Å². The summed E-state index contributed by atoms with van der Waals surface area (Å²) in [6, 6.07) is 0.832. The molecular weight excluding hydrogens is 222 g/mol. The molecule has 0 aromatic carbocycles. The van der Waals surface area contributed by atoms with Crippen LogP contribution in [-0.2, 0) is 0 Å². The van der Waals surface area contributed by atoms with Crippen LogP contribution >= 0.6 is 0 Å². The van der Waals surface area contributed by atoms with Crippen molar-refractivity contribution in [3.05, 3.63) is 0 Å². The molecule has 2 aliphatic heterocycles. The average Bonchev–Trinajstić information content (AvgIpc) is 2.39. The van der Waals surface area contributed by atoms with Crippen molar-refractivity contribution < 1.29 is 0 Å². The minimum absolute atomic E-state index is 0.232. The summed E-state index contributed by atoms with van der Waals surface area (Å²) < 4.78 is 0. The number of likely N-dealkylation sites (tertiary alicyclic amines) is 2. The van der Waals surface area contributed by atoms with E-state index in [1.54, 1.807) is 0 Å². The molecule has 2 aliphatic rings. The van der Waals surface area contributed by atoms with Crippen LogP contribution in [0.5, 0.6) is 0 Å². The first-order valence-corrected chi connectivity index (χ1v) is 7.76. The topological polar surface area (TPSA) is 32.5 Å². The van der Waals surface area contributed by atoms with Crippen molar-refractivity contribution in [2.75, 3.05) is 33.2 Å². The fourth-order valence-corrected chi connectivity index (χ4v) is 4.07. The first-order valence-electron chi connectivity index (χ1n) is 7.76. The maximum atomic E-state index is 6.07. The maximum Gasteiger partial charge on any atom is 0.0303 e. The van der Waals surface area contributed by atoms with E-state index in [1.165, 1.54) is 51.7 Å². The molecule has 0 spiro atoms. The first-order chi connectivity index (χ1) is 8.60. The number of hydrogen-bond donors (Lipinski definition) is 1. The van der Waals surface area contributed by atoms with E-state index < -0.39 is 0 Å². The van der Waals surface area contributed by atoms with E-state index in [0.29, 0.717) is 0 Å². The predicted octanol–water partition coefficient (Wildman–Crippen LogP) is 1.92. The molecule has 0 bridgehead atoms. The number of rotatable bonds is 4. The van der Waals surface area contributed by atoms with Gasteiger partial charge in [-0.3, -0.25) is 4.90 Å². The van der Waals surface area contributed by atoms with E-state index in [0.717, 1.165) is 18.5 Å². The highest BCUT2D eigenvalue weighted by atomic mass is 15.2. The van der Waals surface area contributed by atoms with Gasteiger partial charge in [0.05, 0.1) is 0 Å². The standard InChI is InChI=1S/C15H31N3/c1-4-8-15(2,12-16)18-10-7-14-13(11-18)6-5-9-17(14)3/h13-14H,4-12,16H2,1-3H3. The zero-order chi connectivity index (χ0) is 13.2. The third-order valence-electron chi connectivity index (χ3n) is 5.34. The van der Waals surface area contributed by atoms with Crippen LogP contribution < -0.4 is 5.73 Å². The first kappa shape index (κ1) is 14.3. The highest BCUT2D eigenvalue weighted by molar-refractivity contribution is 4.96. The molecule has 2 rings (SSSR count). The number of fused-ring (bicyclic) bond motifs is 1. The van der Waals surface area contributed by atoms with Gasteiger partial charge in [0.1, 0.15) is 0 Å². The predicted molar refractivity (Wildman–Crippen MR) is 77.7 cm³/mol. The van der Waals surface area contributed by atoms with E-state index in [-0.39, 0.29) is 5.54 Å². The summed E-state index contributed by atoms with van der Waals surface area (Å²) in [6.07, 6.45) is 6.59. The highest BCUT2D eigenvalue weighted by Crippen LogP contribution is 2.33. The molecule has 0 amide bonds. The molecule has 3 heteroatoms. The number of nitrogens with zero attached hydrogens (tertiary/aromatic N) is 2. The van der Waals surface area contributed by atoms with Gasteiger partial charge >= 0.3 is 0 Å². The second-order valence-corrected chi connectivity index (χ2v) is 6.64. The third-order valence-corrected chi connectivity index (χ3v) is 5.34. The fourth-order valence-electron chi connectivity index (χ4n) is 4.07. The van der Waals surface area contributed by atoms with Gasteiger partial charge in [-0.25, -0.2) is 0 Å². The molecule has 0 radical (unpaired) electrons. The third kappa shape index (κ3) is 2.73. The Morgan fingerprint density at radius 3 is 2.72 bits per heavy atom. The Morgan fingerprint density at radius 1 is 1.28 bits per heavy atom. The van der Waals surface area contributed by atoms with Crippen LogP contribution in [0.25, 0.3) is 0 Å². The van der Waals surface area contributed by atoms with Gasteiger partial charge in [-0.1, -0.05) is 13.3 Å². The quantitative estimate of drug-likeness (QED) is 0.831. The number of nitrogens with two attached hydrogens (primary N) is 1. The lowest BCUT2D eigenvalue weighted by Crippen LogP contribution is -2.60. The van der Waals surface area contributed by atoms with Crippen molar-refractivity contribution >= 4 is 0 Å². The molecule has 0 aromatic heterocycles. The van der Waals surface area contributed by atoms with Crippen molar-refractivity contribution in [1.82, 2.24) is 9.80 Å². The summed E-state index contributed by atoms with van der Waals surface area (Å²) in [5.41, 5.74) is 6.30. The summed E-state index contributed by atoms with van der Waals surface area (Å²) in [7, 11) is 2.31. The maximum absolute atomic E-state index is 6.07. The molecule has 106 valence electrons. The van der Waals surface area contributed by atoms with Crippen molar-refractivity contribution in [2.45, 2.75) is 57.5 Å². The normalized spacial score (nSPS) is 34.0. The van der Waals surface area contributed by atoms with Gasteiger partial charge < -0.3 is 10.6 Å². The minimum Gasteiger partial charge on any atom is -0.329 e. The van der Waals surface area contributed by atoms with E-state index in [4.69, 9.17) is 5.73 Å². The smallest absolute Gasteiger partial charge is 0.0303 e. The Hall–Kier alpha value is -0.120. The monoisotopic (exact) mass is 253 g/mol. The Balaban J connectivity index is 2.01. The van der Waals surface area contributed by atoms with E-state index in [2.05, 4.69) is 30.7 Å². The lowest BCUT2D eigenvalue weighted by molar-refractivity contribution is -0.0111. The Morgan fingerprint density at radius 2 is 2.06 bits per heavy atom. The summed E-state index contributed by atoms with van der Waals surface area (Å²) in [6.45, 7) is 9.23. The molecule has 18 heavy (non-hydrogen) atoms. The van der Waals surface area contributed by atoms with Crippen LogP contribution in [0.4, 0.5) is 0 Å². The van der Waals surface area contributed by atoms with Gasteiger partial charge in [-0.2, -0.15) is 0 Å². The SMILES string of the molecule is CCCC(C)(CN)N1CCC2C(CCCN2C)C1. The molecule has 2 heterocycles.